The Kier molecular flexibility index (Phi) is 8.44. The number of sulfonamides is 1. The summed E-state index contributed by atoms with van der Waals surface area (Å²) in [7, 11) is -4.24. The Morgan fingerprint density at radius 1 is 1.12 bits per heavy atom. The van der Waals surface area contributed by atoms with Crippen LogP contribution in [-0.4, -0.2) is 58.4 Å². The van der Waals surface area contributed by atoms with Crippen LogP contribution in [0.5, 0.6) is 0 Å². The van der Waals surface area contributed by atoms with E-state index in [2.05, 4.69) is 20.1 Å². The van der Waals surface area contributed by atoms with Gasteiger partial charge in [0, 0.05) is 5.56 Å². The molecule has 0 unspecified atom stereocenters. The van der Waals surface area contributed by atoms with Gasteiger partial charge in [-0.15, -0.1) is 11.3 Å². The fraction of sp³-hybridized carbons (Fsp3) is 0.227. The minimum absolute atomic E-state index is 0.0669. The molecule has 3 aromatic heterocycles. The number of carbonyl (C=O) groups excluding carboxylic acids is 1. The molecule has 0 aliphatic heterocycles. The lowest BCUT2D eigenvalue weighted by molar-refractivity contribution is -0.137. The molecule has 214 valence electrons. The molecule has 0 fully saturated rings. The normalized spacial score (nSPS) is 12.6. The van der Waals surface area contributed by atoms with Crippen molar-refractivity contribution in [3.8, 4) is 11.3 Å². The van der Waals surface area contributed by atoms with Gasteiger partial charge in [0.05, 0.1) is 42.4 Å². The zero-order valence-electron chi connectivity index (χ0n) is 19.7. The number of fused-ring (bicyclic) bond motifs is 1. The van der Waals surface area contributed by atoms with Crippen molar-refractivity contribution < 1.29 is 45.4 Å². The van der Waals surface area contributed by atoms with Crippen LogP contribution < -0.4 is 10.0 Å². The number of hydrogen-bond donors (Lipinski definition) is 4. The van der Waals surface area contributed by atoms with E-state index in [0.29, 0.717) is 15.9 Å². The molecule has 40 heavy (non-hydrogen) atoms. The van der Waals surface area contributed by atoms with Gasteiger partial charge in [-0.3, -0.25) is 4.79 Å². The van der Waals surface area contributed by atoms with Gasteiger partial charge in [-0.1, -0.05) is 23.7 Å². The number of alkyl halides is 5. The van der Waals surface area contributed by atoms with Crippen molar-refractivity contribution in [2.75, 3.05) is 18.5 Å². The van der Waals surface area contributed by atoms with Crippen molar-refractivity contribution in [2.45, 2.75) is 22.9 Å². The molecule has 0 bridgehead atoms. The molecule has 3 heterocycles. The Labute approximate surface area is 231 Å². The average Bonchev–Trinajstić information content (AvgIpc) is 3.50. The summed E-state index contributed by atoms with van der Waals surface area (Å²) in [6, 6.07) is 4.37. The van der Waals surface area contributed by atoms with E-state index in [4.69, 9.17) is 21.8 Å². The number of rotatable bonds is 9. The van der Waals surface area contributed by atoms with Crippen LogP contribution in [0.15, 0.2) is 46.8 Å². The van der Waals surface area contributed by atoms with Crippen LogP contribution >= 0.6 is 22.9 Å². The van der Waals surface area contributed by atoms with Crippen LogP contribution in [0.4, 0.5) is 27.6 Å². The highest BCUT2D eigenvalue weighted by atomic mass is 35.5. The maximum absolute atomic E-state index is 13.8. The van der Waals surface area contributed by atoms with Crippen LogP contribution in [0.2, 0.25) is 4.34 Å². The van der Waals surface area contributed by atoms with E-state index in [0.717, 1.165) is 42.6 Å². The maximum atomic E-state index is 13.8. The summed E-state index contributed by atoms with van der Waals surface area (Å²) in [5.41, 5.74) is -2.55. The van der Waals surface area contributed by atoms with Gasteiger partial charge in [0.15, 0.2) is 5.65 Å². The Bertz CT molecular complexity index is 1650. The smallest absolute Gasteiger partial charge is 0.395 e. The lowest BCUT2D eigenvalue weighted by Crippen LogP contribution is -2.39. The van der Waals surface area contributed by atoms with Gasteiger partial charge in [-0.25, -0.2) is 31.4 Å². The van der Waals surface area contributed by atoms with E-state index in [1.54, 1.807) is 0 Å². The number of anilines is 1. The number of aliphatic hydroxyl groups excluding tert-OH is 2. The first-order valence-corrected chi connectivity index (χ1v) is 13.6. The van der Waals surface area contributed by atoms with Crippen molar-refractivity contribution in [2.24, 2.45) is 0 Å². The van der Waals surface area contributed by atoms with Gasteiger partial charge >= 0.3 is 6.18 Å². The van der Waals surface area contributed by atoms with Crippen molar-refractivity contribution >= 4 is 50.2 Å². The first-order valence-electron chi connectivity index (χ1n) is 10.9. The van der Waals surface area contributed by atoms with Crippen LogP contribution in [0.25, 0.3) is 16.9 Å². The van der Waals surface area contributed by atoms with Gasteiger partial charge in [-0.2, -0.15) is 18.3 Å². The number of carbonyl (C=O) groups is 1. The standard InChI is InChI=1S/C22H17ClF5N5O5S2/c23-18-15(6-17(39-18)40(37,38)32-12(8-34)9-35)31-21(36)13-7-29-33-16(19(24)25)5-14(30-20(13)33)10-1-3-11(4-2-10)22(26,27)28/h1-7,12,19,32,34-35H,8-9H2,(H,31,36). The minimum atomic E-state index is -4.61. The van der Waals surface area contributed by atoms with Gasteiger partial charge in [-0.05, 0) is 24.3 Å². The number of hydrogen-bond acceptors (Lipinski definition) is 8. The van der Waals surface area contributed by atoms with Crippen molar-refractivity contribution in [3.63, 3.8) is 0 Å². The highest BCUT2D eigenvalue weighted by Gasteiger charge is 2.30. The van der Waals surface area contributed by atoms with Gasteiger partial charge in [0.1, 0.15) is 19.8 Å². The fourth-order valence-electron chi connectivity index (χ4n) is 3.44. The molecule has 18 heteroatoms. The third-order valence-electron chi connectivity index (χ3n) is 5.42. The van der Waals surface area contributed by atoms with Crippen molar-refractivity contribution in [1.29, 1.82) is 0 Å². The Balaban J connectivity index is 1.69. The van der Waals surface area contributed by atoms with Crippen molar-refractivity contribution in [3.05, 3.63) is 63.8 Å². The first kappa shape index (κ1) is 29.8. The first-order chi connectivity index (χ1) is 18.7. The zero-order valence-corrected chi connectivity index (χ0v) is 22.0. The molecule has 0 radical (unpaired) electrons. The zero-order chi connectivity index (χ0) is 29.4. The summed E-state index contributed by atoms with van der Waals surface area (Å²) in [6.45, 7) is -1.37. The number of amides is 1. The number of halogens is 6. The van der Waals surface area contributed by atoms with E-state index in [9.17, 15) is 35.2 Å². The lowest BCUT2D eigenvalue weighted by atomic mass is 10.1. The minimum Gasteiger partial charge on any atom is -0.395 e. The number of aromatic nitrogens is 3. The summed E-state index contributed by atoms with van der Waals surface area (Å²) in [5, 5.41) is 24.4. The molecule has 0 atom stereocenters. The predicted molar refractivity (Wildman–Crippen MR) is 134 cm³/mol. The summed E-state index contributed by atoms with van der Waals surface area (Å²) in [6.07, 6.45) is -6.77. The molecule has 0 saturated heterocycles. The quantitative estimate of drug-likeness (QED) is 0.206. The van der Waals surface area contributed by atoms with Crippen LogP contribution in [0.1, 0.15) is 28.0 Å². The molecule has 4 rings (SSSR count). The number of benzene rings is 1. The molecule has 4 aromatic rings. The number of nitrogens with zero attached hydrogens (tertiary/aromatic N) is 3. The molecule has 10 nitrogen and oxygen atoms in total. The third kappa shape index (κ3) is 6.08. The largest absolute Gasteiger partial charge is 0.416 e. The van der Waals surface area contributed by atoms with Crippen LogP contribution in [-0.2, 0) is 16.2 Å². The fourth-order valence-corrected chi connectivity index (χ4v) is 6.32. The summed E-state index contributed by atoms with van der Waals surface area (Å²) >= 11 is 6.65. The highest BCUT2D eigenvalue weighted by Crippen LogP contribution is 2.36. The second-order valence-corrected chi connectivity index (χ2v) is 11.7. The lowest BCUT2D eigenvalue weighted by Gasteiger charge is -2.12. The van der Waals surface area contributed by atoms with Gasteiger partial charge in [0.2, 0.25) is 0 Å². The average molecular weight is 626 g/mol. The second kappa shape index (κ2) is 11.3. The molecule has 0 spiro atoms. The van der Waals surface area contributed by atoms with Gasteiger partial charge < -0.3 is 15.5 Å². The highest BCUT2D eigenvalue weighted by molar-refractivity contribution is 7.91. The van der Waals surface area contributed by atoms with E-state index >= 15 is 0 Å². The van der Waals surface area contributed by atoms with E-state index in [-0.39, 0.29) is 36.7 Å². The predicted octanol–water partition coefficient (Wildman–Crippen LogP) is 3.95. The maximum Gasteiger partial charge on any atom is 0.416 e. The second-order valence-electron chi connectivity index (χ2n) is 8.13. The summed E-state index contributed by atoms with van der Waals surface area (Å²) in [4.78, 5) is 17.2. The molecule has 0 saturated carbocycles. The van der Waals surface area contributed by atoms with Crippen molar-refractivity contribution in [1.82, 2.24) is 19.3 Å². The molecule has 0 aliphatic rings. The Morgan fingerprint density at radius 2 is 1.77 bits per heavy atom. The Hall–Kier alpha value is -3.22. The molecular weight excluding hydrogens is 609 g/mol. The van der Waals surface area contributed by atoms with Crippen LogP contribution in [0.3, 0.4) is 0 Å². The molecule has 4 N–H and O–H groups in total. The number of thiophene rings is 1. The molecule has 1 aromatic carbocycles. The molecule has 1 amide bonds. The van der Waals surface area contributed by atoms with E-state index < -0.39 is 59.0 Å². The van der Waals surface area contributed by atoms with E-state index in [1.165, 1.54) is 0 Å². The third-order valence-corrected chi connectivity index (χ3v) is 8.77. The molecule has 0 aliphatic carbocycles. The van der Waals surface area contributed by atoms with Gasteiger partial charge in [0.25, 0.3) is 22.4 Å². The topological polar surface area (TPSA) is 146 Å². The van der Waals surface area contributed by atoms with E-state index in [1.807, 2.05) is 0 Å². The summed E-state index contributed by atoms with van der Waals surface area (Å²) in [5.74, 6) is -0.951. The SMILES string of the molecule is O=C(Nc1cc(S(=O)(=O)NC(CO)CO)sc1Cl)c1cnn2c(C(F)F)cc(-c3ccc(C(F)(F)F)cc3)nc12. The van der Waals surface area contributed by atoms with Crippen LogP contribution in [0, 0.1) is 0 Å². The molecular formula is C22H17ClF5N5O5S2. The number of nitrogens with one attached hydrogen (secondary N) is 2. The number of aliphatic hydroxyl groups is 2. The summed E-state index contributed by atoms with van der Waals surface area (Å²) < 4.78 is 93.7. The Morgan fingerprint density at radius 3 is 2.35 bits per heavy atom. The monoisotopic (exact) mass is 625 g/mol.